The van der Waals surface area contributed by atoms with E-state index in [0.29, 0.717) is 38.9 Å². The highest BCUT2D eigenvalue weighted by Crippen LogP contribution is 2.32. The third-order valence-corrected chi connectivity index (χ3v) is 7.00. The molecule has 3 heterocycles. The molecule has 16 heteroatoms. The van der Waals surface area contributed by atoms with Crippen LogP contribution in [0.15, 0.2) is 6.33 Å². The number of carbonyl (C=O) groups excluding carboxylic acids is 2. The van der Waals surface area contributed by atoms with Gasteiger partial charge in [-0.1, -0.05) is 12.8 Å². The van der Waals surface area contributed by atoms with E-state index in [2.05, 4.69) is 30.9 Å². The number of nitrogens with one attached hydrogen (secondary N) is 3. The summed E-state index contributed by atoms with van der Waals surface area (Å²) in [5.74, 6) is -0.265. The molecule has 0 aromatic carbocycles. The molecule has 38 heavy (non-hydrogen) atoms. The zero-order chi connectivity index (χ0) is 27.9. The van der Waals surface area contributed by atoms with Gasteiger partial charge >= 0.3 is 0 Å². The number of fused-ring (bicyclic) bond motifs is 1. The summed E-state index contributed by atoms with van der Waals surface area (Å²) in [5, 5.41) is 29.1. The number of sulfone groups is 1. The number of rotatable bonds is 14. The fourth-order valence-corrected chi connectivity index (χ4v) is 4.78. The number of imidazole rings is 1. The van der Waals surface area contributed by atoms with Crippen LogP contribution in [0.4, 0.5) is 11.8 Å². The molecule has 1 aliphatic rings. The Morgan fingerprint density at radius 2 is 1.84 bits per heavy atom. The Morgan fingerprint density at radius 3 is 2.55 bits per heavy atom. The molecule has 1 saturated heterocycles. The summed E-state index contributed by atoms with van der Waals surface area (Å²) < 4.78 is 29.3. The molecule has 212 valence electrons. The fourth-order valence-electron chi connectivity index (χ4n) is 4.05. The molecule has 0 bridgehead atoms. The van der Waals surface area contributed by atoms with Gasteiger partial charge in [0.05, 0.1) is 6.33 Å². The van der Waals surface area contributed by atoms with Crippen LogP contribution in [0.1, 0.15) is 45.3 Å². The molecule has 1 fully saturated rings. The second kappa shape index (κ2) is 13.1. The van der Waals surface area contributed by atoms with E-state index >= 15 is 0 Å². The summed E-state index contributed by atoms with van der Waals surface area (Å²) in [6.45, 7) is 2.67. The number of aromatic nitrogens is 4. The molecule has 0 unspecified atom stereocenters. The molecule has 4 atom stereocenters. The maximum Gasteiger partial charge on any atom is 0.252 e. The summed E-state index contributed by atoms with van der Waals surface area (Å²) in [6, 6.07) is 0. The first-order valence-corrected chi connectivity index (χ1v) is 14.6. The van der Waals surface area contributed by atoms with Gasteiger partial charge in [0.25, 0.3) is 5.91 Å². The Labute approximate surface area is 220 Å². The summed E-state index contributed by atoms with van der Waals surface area (Å²) in [5.41, 5.74) is 6.51. The zero-order valence-corrected chi connectivity index (χ0v) is 22.3. The van der Waals surface area contributed by atoms with E-state index in [1.54, 1.807) is 6.92 Å². The standard InChI is InChI=1S/C22H36N8O7S/c1-3-24-20(34)17-15(32)16(33)21(37-17)30-12-27-14-18(23)28-22(29-19(14)30)26-10-9-25-13(31)8-6-4-5-7-11-38(2,35)36/h12,15-17,21,32-33H,3-11H2,1-2H3,(H,24,34)(H,25,31)(H3,23,26,28,29)/t15-,16+,17-,21+/m0/s1. The summed E-state index contributed by atoms with van der Waals surface area (Å²) in [7, 11) is -2.95. The SMILES string of the molecule is CCNC(=O)[C@H]1O[C@@H](n2cnc3c(N)nc(NCCNC(=O)CCCCCCS(C)(=O)=O)nc32)[C@H](O)[C@@H]1O. The van der Waals surface area contributed by atoms with E-state index in [1.807, 2.05) is 0 Å². The number of likely N-dealkylation sites (N-methyl/N-ethyl adjacent to an activating group) is 1. The van der Waals surface area contributed by atoms with Gasteiger partial charge in [0, 0.05) is 38.1 Å². The van der Waals surface area contributed by atoms with Crippen LogP contribution in [0, 0.1) is 0 Å². The van der Waals surface area contributed by atoms with Crippen LogP contribution >= 0.6 is 0 Å². The number of aliphatic hydroxyl groups is 2. The summed E-state index contributed by atoms with van der Waals surface area (Å²) in [6.07, 6.45) is 0.449. The number of hydrogen-bond donors (Lipinski definition) is 6. The van der Waals surface area contributed by atoms with Crippen molar-refractivity contribution in [2.45, 2.75) is 63.6 Å². The summed E-state index contributed by atoms with van der Waals surface area (Å²) in [4.78, 5) is 36.9. The van der Waals surface area contributed by atoms with Crippen molar-refractivity contribution in [3.8, 4) is 0 Å². The topological polar surface area (TPSA) is 224 Å². The van der Waals surface area contributed by atoms with Crippen molar-refractivity contribution in [1.82, 2.24) is 30.2 Å². The molecule has 0 saturated carbocycles. The Balaban J connectivity index is 1.51. The Bertz CT molecular complexity index is 1220. The van der Waals surface area contributed by atoms with Crippen molar-refractivity contribution < 1.29 is 33.0 Å². The second-order valence-electron chi connectivity index (χ2n) is 9.15. The van der Waals surface area contributed by atoms with E-state index < -0.39 is 40.3 Å². The van der Waals surface area contributed by atoms with E-state index in [9.17, 15) is 28.2 Å². The highest BCUT2D eigenvalue weighted by atomic mass is 32.2. The number of amides is 2. The number of nitrogen functional groups attached to an aromatic ring is 1. The number of anilines is 2. The van der Waals surface area contributed by atoms with Crippen molar-refractivity contribution in [2.75, 3.05) is 42.7 Å². The number of nitrogens with zero attached hydrogens (tertiary/aromatic N) is 4. The molecular formula is C22H36N8O7S. The van der Waals surface area contributed by atoms with Gasteiger partial charge in [-0.25, -0.2) is 13.4 Å². The lowest BCUT2D eigenvalue weighted by Crippen LogP contribution is -2.42. The minimum atomic E-state index is -2.95. The van der Waals surface area contributed by atoms with Gasteiger partial charge in [0.1, 0.15) is 27.6 Å². The van der Waals surface area contributed by atoms with Crippen molar-refractivity contribution in [3.63, 3.8) is 0 Å². The number of aliphatic hydroxyl groups excluding tert-OH is 2. The number of nitrogens with two attached hydrogens (primary N) is 1. The largest absolute Gasteiger partial charge is 0.387 e. The number of ether oxygens (including phenoxy) is 1. The van der Waals surface area contributed by atoms with Crippen LogP contribution in [-0.2, 0) is 24.2 Å². The van der Waals surface area contributed by atoms with Crippen LogP contribution in [0.5, 0.6) is 0 Å². The van der Waals surface area contributed by atoms with Gasteiger partial charge in [-0.05, 0) is 19.8 Å². The Morgan fingerprint density at radius 1 is 1.11 bits per heavy atom. The lowest BCUT2D eigenvalue weighted by atomic mass is 10.1. The molecule has 3 rings (SSSR count). The van der Waals surface area contributed by atoms with Crippen molar-refractivity contribution in [1.29, 1.82) is 0 Å². The van der Waals surface area contributed by atoms with Crippen LogP contribution in [0.25, 0.3) is 11.2 Å². The summed E-state index contributed by atoms with van der Waals surface area (Å²) >= 11 is 0. The molecule has 1 aliphatic heterocycles. The molecule has 2 amide bonds. The predicted molar refractivity (Wildman–Crippen MR) is 139 cm³/mol. The maximum atomic E-state index is 12.2. The molecule has 15 nitrogen and oxygen atoms in total. The molecule has 2 aromatic rings. The smallest absolute Gasteiger partial charge is 0.252 e. The van der Waals surface area contributed by atoms with E-state index in [1.165, 1.54) is 17.2 Å². The predicted octanol–water partition coefficient (Wildman–Crippen LogP) is -1.31. The van der Waals surface area contributed by atoms with Gasteiger partial charge in [-0.15, -0.1) is 0 Å². The third-order valence-electron chi connectivity index (χ3n) is 5.97. The fraction of sp³-hybridized carbons (Fsp3) is 0.682. The Kier molecular flexibility index (Phi) is 10.2. The van der Waals surface area contributed by atoms with E-state index in [0.717, 1.165) is 12.8 Å². The van der Waals surface area contributed by atoms with E-state index in [-0.39, 0.29) is 34.6 Å². The van der Waals surface area contributed by atoms with Gasteiger partial charge < -0.3 is 36.6 Å². The average Bonchev–Trinajstić information content (AvgIpc) is 3.39. The Hall–Kier alpha value is -3.08. The molecule has 0 spiro atoms. The first-order valence-electron chi connectivity index (χ1n) is 12.5. The third kappa shape index (κ3) is 7.72. The van der Waals surface area contributed by atoms with Crippen molar-refractivity contribution in [2.24, 2.45) is 0 Å². The average molecular weight is 557 g/mol. The first-order chi connectivity index (χ1) is 18.0. The molecule has 0 aliphatic carbocycles. The lowest BCUT2D eigenvalue weighted by molar-refractivity contribution is -0.137. The van der Waals surface area contributed by atoms with Crippen LogP contribution < -0.4 is 21.7 Å². The second-order valence-corrected chi connectivity index (χ2v) is 11.4. The number of hydrogen-bond acceptors (Lipinski definition) is 12. The lowest BCUT2D eigenvalue weighted by Gasteiger charge is -2.16. The minimum Gasteiger partial charge on any atom is -0.387 e. The normalized spacial score (nSPS) is 21.5. The molecule has 0 radical (unpaired) electrons. The molecule has 2 aromatic heterocycles. The van der Waals surface area contributed by atoms with Gasteiger partial charge in [-0.3, -0.25) is 14.2 Å². The highest BCUT2D eigenvalue weighted by Gasteiger charge is 2.47. The van der Waals surface area contributed by atoms with Gasteiger partial charge in [-0.2, -0.15) is 9.97 Å². The maximum absolute atomic E-state index is 12.2. The highest BCUT2D eigenvalue weighted by molar-refractivity contribution is 7.90. The van der Waals surface area contributed by atoms with Crippen molar-refractivity contribution in [3.05, 3.63) is 6.33 Å². The first kappa shape index (κ1) is 29.5. The van der Waals surface area contributed by atoms with Crippen LogP contribution in [-0.4, -0.2) is 99.9 Å². The van der Waals surface area contributed by atoms with Gasteiger partial charge in [0.15, 0.2) is 23.8 Å². The number of carbonyl (C=O) groups is 2. The molecular weight excluding hydrogens is 520 g/mol. The van der Waals surface area contributed by atoms with E-state index in [4.69, 9.17) is 10.5 Å². The zero-order valence-electron chi connectivity index (χ0n) is 21.5. The monoisotopic (exact) mass is 556 g/mol. The van der Waals surface area contributed by atoms with Crippen LogP contribution in [0.3, 0.4) is 0 Å². The van der Waals surface area contributed by atoms with Crippen LogP contribution in [0.2, 0.25) is 0 Å². The van der Waals surface area contributed by atoms with Gasteiger partial charge in [0.2, 0.25) is 11.9 Å². The number of unbranched alkanes of at least 4 members (excludes halogenated alkanes) is 3. The quantitative estimate of drug-likeness (QED) is 0.149. The minimum absolute atomic E-state index is 0.0736. The van der Waals surface area contributed by atoms with Crippen molar-refractivity contribution >= 4 is 44.6 Å². The molecule has 7 N–H and O–H groups in total.